The molecular weight excluding hydrogens is 496 g/mol. The third-order valence-electron chi connectivity index (χ3n) is 7.51. The van der Waals surface area contributed by atoms with Gasteiger partial charge in [-0.25, -0.2) is 9.97 Å². The van der Waals surface area contributed by atoms with Crippen LogP contribution in [0.4, 0.5) is 11.5 Å². The molecule has 0 radical (unpaired) electrons. The number of nitriles is 1. The van der Waals surface area contributed by atoms with Gasteiger partial charge >= 0.3 is 0 Å². The number of benzene rings is 1. The number of amides is 2. The van der Waals surface area contributed by atoms with Crippen LogP contribution in [-0.2, 0) is 16.1 Å². The molecule has 0 unspecified atom stereocenters. The summed E-state index contributed by atoms with van der Waals surface area (Å²) < 4.78 is 7.40. The van der Waals surface area contributed by atoms with Crippen LogP contribution in [0.3, 0.4) is 0 Å². The summed E-state index contributed by atoms with van der Waals surface area (Å²) in [6.45, 7) is 3.08. The first-order chi connectivity index (χ1) is 19.0. The van der Waals surface area contributed by atoms with E-state index < -0.39 is 5.91 Å². The monoisotopic (exact) mass is 530 g/mol. The molecule has 1 aromatic carbocycles. The lowest BCUT2D eigenvalue weighted by molar-refractivity contribution is -0.118. The van der Waals surface area contributed by atoms with E-state index in [4.69, 9.17) is 10.5 Å². The van der Waals surface area contributed by atoms with Crippen molar-refractivity contribution < 1.29 is 14.3 Å². The second kappa shape index (κ2) is 11.7. The molecule has 11 heteroatoms. The molecule has 1 saturated heterocycles. The highest BCUT2D eigenvalue weighted by molar-refractivity contribution is 6.02. The lowest BCUT2D eigenvalue weighted by Crippen LogP contribution is -2.39. The quantitative estimate of drug-likeness (QED) is 0.453. The Balaban J connectivity index is 1.51. The van der Waals surface area contributed by atoms with Crippen molar-refractivity contribution >= 4 is 34.4 Å². The van der Waals surface area contributed by atoms with Gasteiger partial charge in [0.25, 0.3) is 5.91 Å². The van der Waals surface area contributed by atoms with Crippen molar-refractivity contribution in [3.63, 3.8) is 0 Å². The fourth-order valence-electron chi connectivity index (χ4n) is 5.61. The molecule has 2 amide bonds. The second-order valence-corrected chi connectivity index (χ2v) is 10.1. The third kappa shape index (κ3) is 5.66. The Labute approximate surface area is 227 Å². The van der Waals surface area contributed by atoms with Gasteiger partial charge in [0.1, 0.15) is 29.8 Å². The van der Waals surface area contributed by atoms with E-state index in [2.05, 4.69) is 20.2 Å². The summed E-state index contributed by atoms with van der Waals surface area (Å²) in [6, 6.07) is 11.9. The molecule has 1 saturated carbocycles. The van der Waals surface area contributed by atoms with Crippen LogP contribution in [-0.4, -0.2) is 71.1 Å². The highest BCUT2D eigenvalue weighted by Crippen LogP contribution is 2.35. The minimum absolute atomic E-state index is 0.0374. The normalized spacial score (nSPS) is 16.2. The van der Waals surface area contributed by atoms with Crippen molar-refractivity contribution in [2.24, 2.45) is 5.73 Å². The summed E-state index contributed by atoms with van der Waals surface area (Å²) in [5.41, 5.74) is 8.56. The van der Waals surface area contributed by atoms with Gasteiger partial charge in [0, 0.05) is 38.4 Å². The van der Waals surface area contributed by atoms with Crippen LogP contribution in [0, 0.1) is 11.3 Å². The maximum Gasteiger partial charge on any atom is 0.271 e. The molecule has 0 bridgehead atoms. The number of carbonyl (C=O) groups is 2. The molecule has 5 rings (SSSR count). The summed E-state index contributed by atoms with van der Waals surface area (Å²) in [7, 11) is 1.72. The lowest BCUT2D eigenvalue weighted by atomic mass is 9.95. The van der Waals surface area contributed by atoms with E-state index in [0.717, 1.165) is 56.4 Å². The van der Waals surface area contributed by atoms with Gasteiger partial charge in [0.15, 0.2) is 0 Å². The van der Waals surface area contributed by atoms with Crippen molar-refractivity contribution in [1.82, 2.24) is 19.4 Å². The number of aromatic nitrogens is 3. The Kier molecular flexibility index (Phi) is 7.93. The molecule has 204 valence electrons. The summed E-state index contributed by atoms with van der Waals surface area (Å²) in [5.74, 6) is -0.373. The number of rotatable bonds is 8. The van der Waals surface area contributed by atoms with Crippen LogP contribution in [0.2, 0.25) is 0 Å². The van der Waals surface area contributed by atoms with Gasteiger partial charge in [0.05, 0.1) is 18.6 Å². The minimum Gasteiger partial charge on any atom is -0.378 e. The second-order valence-electron chi connectivity index (χ2n) is 10.1. The van der Waals surface area contributed by atoms with Gasteiger partial charge in [-0.15, -0.1) is 0 Å². The Bertz CT molecular complexity index is 1380. The van der Waals surface area contributed by atoms with Crippen LogP contribution in [0.5, 0.6) is 0 Å². The molecule has 2 fully saturated rings. The molecule has 3 N–H and O–H groups in total. The SMILES string of the molecule is CNc1nc(C#N)nc2c1cc(C(=O)N(CC(N)=O)Cc1ccc(N3CCOCC3)cc1)n2C1CCCCC1. The van der Waals surface area contributed by atoms with Crippen LogP contribution >= 0.6 is 0 Å². The smallest absolute Gasteiger partial charge is 0.271 e. The number of nitrogens with zero attached hydrogens (tertiary/aromatic N) is 6. The van der Waals surface area contributed by atoms with E-state index in [9.17, 15) is 14.9 Å². The number of hydrogen-bond acceptors (Lipinski definition) is 8. The average molecular weight is 531 g/mol. The number of fused-ring (bicyclic) bond motifs is 1. The zero-order valence-electron chi connectivity index (χ0n) is 22.2. The minimum atomic E-state index is -0.587. The van der Waals surface area contributed by atoms with Crippen LogP contribution in [0.15, 0.2) is 30.3 Å². The van der Waals surface area contributed by atoms with E-state index >= 15 is 0 Å². The highest BCUT2D eigenvalue weighted by atomic mass is 16.5. The first-order valence-electron chi connectivity index (χ1n) is 13.5. The largest absolute Gasteiger partial charge is 0.378 e. The zero-order valence-corrected chi connectivity index (χ0v) is 22.2. The summed E-state index contributed by atoms with van der Waals surface area (Å²) in [5, 5.41) is 13.2. The topological polar surface area (TPSA) is 142 Å². The van der Waals surface area contributed by atoms with Gasteiger partial charge in [-0.3, -0.25) is 9.59 Å². The number of ether oxygens (including phenoxy) is 1. The van der Waals surface area contributed by atoms with Crippen molar-refractivity contribution in [2.45, 2.75) is 44.7 Å². The van der Waals surface area contributed by atoms with E-state index in [1.807, 2.05) is 34.9 Å². The first kappa shape index (κ1) is 26.4. The Hall–Kier alpha value is -4.17. The fraction of sp³-hybridized carbons (Fsp3) is 0.464. The lowest BCUT2D eigenvalue weighted by Gasteiger charge is -2.29. The number of primary amides is 1. The molecule has 2 aromatic heterocycles. The molecule has 3 aromatic rings. The third-order valence-corrected chi connectivity index (χ3v) is 7.51. The summed E-state index contributed by atoms with van der Waals surface area (Å²) in [4.78, 5) is 38.8. The zero-order chi connectivity index (χ0) is 27.4. The fourth-order valence-corrected chi connectivity index (χ4v) is 5.61. The predicted molar refractivity (Wildman–Crippen MR) is 147 cm³/mol. The maximum atomic E-state index is 14.1. The molecule has 0 spiro atoms. The summed E-state index contributed by atoms with van der Waals surface area (Å²) >= 11 is 0. The van der Waals surface area contributed by atoms with Gasteiger partial charge in [-0.2, -0.15) is 5.26 Å². The molecule has 1 aliphatic carbocycles. The molecule has 39 heavy (non-hydrogen) atoms. The van der Waals surface area contributed by atoms with Crippen molar-refractivity contribution in [3.8, 4) is 6.07 Å². The van der Waals surface area contributed by atoms with Gasteiger partial charge in [0.2, 0.25) is 11.7 Å². The van der Waals surface area contributed by atoms with Crippen molar-refractivity contribution in [3.05, 3.63) is 47.4 Å². The van der Waals surface area contributed by atoms with Crippen molar-refractivity contribution in [1.29, 1.82) is 5.26 Å². The predicted octanol–water partition coefficient (Wildman–Crippen LogP) is 2.81. The number of carbonyl (C=O) groups excluding carboxylic acids is 2. The van der Waals surface area contributed by atoms with Crippen LogP contribution in [0.25, 0.3) is 11.0 Å². The van der Waals surface area contributed by atoms with Crippen LogP contribution in [0.1, 0.15) is 60.0 Å². The van der Waals surface area contributed by atoms with Crippen LogP contribution < -0.4 is 16.0 Å². The number of anilines is 2. The molecule has 1 aliphatic heterocycles. The number of nitrogens with two attached hydrogens (primary N) is 1. The highest BCUT2D eigenvalue weighted by Gasteiger charge is 2.29. The first-order valence-corrected chi connectivity index (χ1v) is 13.5. The molecule has 11 nitrogen and oxygen atoms in total. The number of morpholine rings is 1. The Morgan fingerprint density at radius 2 is 1.87 bits per heavy atom. The molecule has 3 heterocycles. The van der Waals surface area contributed by atoms with Gasteiger partial charge < -0.3 is 30.2 Å². The average Bonchev–Trinajstić information content (AvgIpc) is 3.36. The maximum absolute atomic E-state index is 14.1. The molecule has 0 atom stereocenters. The van der Waals surface area contributed by atoms with E-state index in [-0.39, 0.29) is 30.9 Å². The number of hydrogen-bond donors (Lipinski definition) is 2. The van der Waals surface area contributed by atoms with E-state index in [0.29, 0.717) is 35.8 Å². The molecule has 2 aliphatic rings. The van der Waals surface area contributed by atoms with Gasteiger partial charge in [-0.05, 0) is 36.6 Å². The molecular formula is C28H34N8O3. The standard InChI is InChI=1S/C28H34N8O3/c1-31-26-22-15-23(36(21-5-3-2-4-6-21)27(22)33-25(16-29)32-26)28(38)35(18-24(30)37)17-19-7-9-20(10-8-19)34-11-13-39-14-12-34/h7-10,15,21H,2-6,11-14,17-18H2,1H3,(H2,30,37)(H,31,32,33). The summed E-state index contributed by atoms with van der Waals surface area (Å²) in [6.07, 6.45) is 5.06. The van der Waals surface area contributed by atoms with Gasteiger partial charge in [-0.1, -0.05) is 31.4 Å². The van der Waals surface area contributed by atoms with E-state index in [1.54, 1.807) is 13.1 Å². The Morgan fingerprint density at radius 1 is 1.15 bits per heavy atom. The number of nitrogens with one attached hydrogen (secondary N) is 1. The van der Waals surface area contributed by atoms with Crippen molar-refractivity contribution in [2.75, 3.05) is 50.1 Å². The Morgan fingerprint density at radius 3 is 2.51 bits per heavy atom. The van der Waals surface area contributed by atoms with E-state index in [1.165, 1.54) is 4.90 Å².